The van der Waals surface area contributed by atoms with Gasteiger partial charge in [0.1, 0.15) is 11.4 Å². The number of benzene rings is 1. The highest BCUT2D eigenvalue weighted by Gasteiger charge is 2.27. The van der Waals surface area contributed by atoms with Crippen LogP contribution >= 0.6 is 0 Å². The number of fused-ring (bicyclic) bond motifs is 1. The Balaban J connectivity index is 1.51. The van der Waals surface area contributed by atoms with E-state index in [-0.39, 0.29) is 5.91 Å². The maximum atomic E-state index is 12.8. The normalized spacial score (nSPS) is 18.6. The predicted molar refractivity (Wildman–Crippen MR) is 106 cm³/mol. The number of carbonyl (C=O) groups is 1. The minimum atomic E-state index is -0.506. The van der Waals surface area contributed by atoms with Gasteiger partial charge in [0.05, 0.1) is 6.20 Å². The minimum Gasteiger partial charge on any atom is -0.480 e. The zero-order valence-electron chi connectivity index (χ0n) is 15.8. The van der Waals surface area contributed by atoms with Gasteiger partial charge in [0.15, 0.2) is 11.9 Å². The molecule has 3 heterocycles. The van der Waals surface area contributed by atoms with Crippen LogP contribution in [0.1, 0.15) is 24.8 Å². The lowest BCUT2D eigenvalue weighted by atomic mass is 10.0. The molecular weight excluding hydrogens is 342 g/mol. The number of aryl methyl sites for hydroxylation is 1. The molecule has 0 saturated carbocycles. The predicted octanol–water partition coefficient (Wildman–Crippen LogP) is 2.48. The second kappa shape index (κ2) is 7.42. The molecule has 0 radical (unpaired) electrons. The summed E-state index contributed by atoms with van der Waals surface area (Å²) in [6.07, 6.45) is 5.02. The van der Waals surface area contributed by atoms with Gasteiger partial charge in [-0.15, -0.1) is 0 Å². The van der Waals surface area contributed by atoms with Crippen LogP contribution in [0.2, 0.25) is 0 Å². The molecule has 27 heavy (non-hydrogen) atoms. The van der Waals surface area contributed by atoms with Crippen LogP contribution in [0, 0.1) is 0 Å². The molecule has 4 rings (SSSR count). The van der Waals surface area contributed by atoms with E-state index in [4.69, 9.17) is 4.74 Å². The van der Waals surface area contributed by atoms with Crippen molar-refractivity contribution in [2.24, 2.45) is 0 Å². The number of rotatable bonds is 4. The summed E-state index contributed by atoms with van der Waals surface area (Å²) < 4.78 is 5.90. The standard InChI is InChI=1S/C20H25N5O2/c1-24(2)18-15(13-21-20(23-18)25-11-5-6-12-25)22-19(26)17-10-9-14-7-3-4-8-16(14)27-17/h3-4,7-8,13,17H,5-6,9-12H2,1-2H3,(H,22,26). The molecule has 1 saturated heterocycles. The molecule has 2 aliphatic rings. The molecule has 2 aromatic rings. The molecule has 1 unspecified atom stereocenters. The monoisotopic (exact) mass is 367 g/mol. The van der Waals surface area contributed by atoms with Crippen molar-refractivity contribution in [2.75, 3.05) is 42.3 Å². The van der Waals surface area contributed by atoms with E-state index in [1.807, 2.05) is 43.3 Å². The number of nitrogens with one attached hydrogen (secondary N) is 1. The van der Waals surface area contributed by atoms with Crippen LogP contribution in [0.5, 0.6) is 5.75 Å². The Hall–Kier alpha value is -2.83. The molecule has 2 aliphatic heterocycles. The number of nitrogens with zero attached hydrogens (tertiary/aromatic N) is 4. The first-order chi connectivity index (χ1) is 13.1. The SMILES string of the molecule is CN(C)c1nc(N2CCCC2)ncc1NC(=O)C1CCc2ccccc2O1. The lowest BCUT2D eigenvalue weighted by Crippen LogP contribution is -2.36. The molecule has 7 nitrogen and oxygen atoms in total. The van der Waals surface area contributed by atoms with E-state index in [1.165, 1.54) is 12.8 Å². The zero-order chi connectivity index (χ0) is 18.8. The van der Waals surface area contributed by atoms with Crippen LogP contribution < -0.4 is 19.9 Å². The number of carbonyl (C=O) groups excluding carboxylic acids is 1. The van der Waals surface area contributed by atoms with E-state index >= 15 is 0 Å². The Bertz CT molecular complexity index is 833. The highest BCUT2D eigenvalue weighted by molar-refractivity contribution is 5.96. The molecule has 1 N–H and O–H groups in total. The average Bonchev–Trinajstić information content (AvgIpc) is 3.22. The topological polar surface area (TPSA) is 70.6 Å². The first kappa shape index (κ1) is 17.6. The third-order valence-electron chi connectivity index (χ3n) is 5.04. The number of ether oxygens (including phenoxy) is 1. The van der Waals surface area contributed by atoms with Gasteiger partial charge in [-0.1, -0.05) is 18.2 Å². The Kier molecular flexibility index (Phi) is 4.83. The Morgan fingerprint density at radius 3 is 2.81 bits per heavy atom. The van der Waals surface area contributed by atoms with E-state index in [9.17, 15) is 4.79 Å². The Labute approximate surface area is 159 Å². The quantitative estimate of drug-likeness (QED) is 0.895. The average molecular weight is 367 g/mol. The summed E-state index contributed by atoms with van der Waals surface area (Å²) in [5, 5.41) is 2.96. The lowest BCUT2D eigenvalue weighted by Gasteiger charge is -2.26. The highest BCUT2D eigenvalue weighted by Crippen LogP contribution is 2.29. The number of amides is 1. The van der Waals surface area contributed by atoms with Gasteiger partial charge in [-0.25, -0.2) is 4.98 Å². The fraction of sp³-hybridized carbons (Fsp3) is 0.450. The summed E-state index contributed by atoms with van der Waals surface area (Å²) in [4.78, 5) is 26.0. The van der Waals surface area contributed by atoms with Gasteiger partial charge in [0.25, 0.3) is 5.91 Å². The van der Waals surface area contributed by atoms with Crippen molar-refractivity contribution in [2.45, 2.75) is 31.8 Å². The molecule has 142 valence electrons. The van der Waals surface area contributed by atoms with Crippen LogP contribution in [-0.4, -0.2) is 49.2 Å². The van der Waals surface area contributed by atoms with E-state index in [2.05, 4.69) is 20.2 Å². The fourth-order valence-electron chi connectivity index (χ4n) is 3.58. The lowest BCUT2D eigenvalue weighted by molar-refractivity contribution is -0.123. The van der Waals surface area contributed by atoms with Gasteiger partial charge in [-0.3, -0.25) is 4.79 Å². The summed E-state index contributed by atoms with van der Waals surface area (Å²) in [7, 11) is 3.83. The molecule has 7 heteroatoms. The number of hydrogen-bond donors (Lipinski definition) is 1. The fourth-order valence-corrected chi connectivity index (χ4v) is 3.58. The van der Waals surface area contributed by atoms with Gasteiger partial charge in [0, 0.05) is 27.2 Å². The summed E-state index contributed by atoms with van der Waals surface area (Å²) in [5.41, 5.74) is 1.75. The molecule has 1 aromatic carbocycles. The Morgan fingerprint density at radius 2 is 2.04 bits per heavy atom. The van der Waals surface area contributed by atoms with Gasteiger partial charge in [-0.05, 0) is 37.3 Å². The third-order valence-corrected chi connectivity index (χ3v) is 5.04. The van der Waals surface area contributed by atoms with Crippen LogP contribution in [0.3, 0.4) is 0 Å². The van der Waals surface area contributed by atoms with E-state index < -0.39 is 6.10 Å². The number of para-hydroxylation sites is 1. The highest BCUT2D eigenvalue weighted by atomic mass is 16.5. The van der Waals surface area contributed by atoms with Crippen molar-refractivity contribution in [1.82, 2.24) is 9.97 Å². The van der Waals surface area contributed by atoms with Crippen LogP contribution in [0.25, 0.3) is 0 Å². The third kappa shape index (κ3) is 3.67. The number of hydrogen-bond acceptors (Lipinski definition) is 6. The largest absolute Gasteiger partial charge is 0.480 e. The second-order valence-corrected chi connectivity index (χ2v) is 7.24. The molecule has 0 aliphatic carbocycles. The van der Waals surface area contributed by atoms with Crippen molar-refractivity contribution in [1.29, 1.82) is 0 Å². The summed E-state index contributed by atoms with van der Waals surface area (Å²) in [6, 6.07) is 7.87. The molecule has 1 aromatic heterocycles. The van der Waals surface area contributed by atoms with Gasteiger partial charge in [0.2, 0.25) is 5.95 Å². The smallest absolute Gasteiger partial charge is 0.265 e. The maximum absolute atomic E-state index is 12.8. The van der Waals surface area contributed by atoms with Crippen molar-refractivity contribution in [3.63, 3.8) is 0 Å². The number of anilines is 3. The second-order valence-electron chi connectivity index (χ2n) is 7.24. The number of aromatic nitrogens is 2. The van der Waals surface area contributed by atoms with Crippen molar-refractivity contribution in [3.8, 4) is 5.75 Å². The molecule has 0 bridgehead atoms. The van der Waals surface area contributed by atoms with Gasteiger partial charge >= 0.3 is 0 Å². The van der Waals surface area contributed by atoms with E-state index in [0.29, 0.717) is 17.9 Å². The first-order valence-corrected chi connectivity index (χ1v) is 9.46. The van der Waals surface area contributed by atoms with Crippen LogP contribution in [-0.2, 0) is 11.2 Å². The Morgan fingerprint density at radius 1 is 1.26 bits per heavy atom. The first-order valence-electron chi connectivity index (χ1n) is 9.46. The van der Waals surface area contributed by atoms with E-state index in [0.717, 1.165) is 36.8 Å². The van der Waals surface area contributed by atoms with Crippen LogP contribution in [0.15, 0.2) is 30.5 Å². The zero-order valence-corrected chi connectivity index (χ0v) is 15.8. The molecule has 0 spiro atoms. The molecule has 1 fully saturated rings. The van der Waals surface area contributed by atoms with Crippen molar-refractivity contribution < 1.29 is 9.53 Å². The van der Waals surface area contributed by atoms with Crippen molar-refractivity contribution >= 4 is 23.4 Å². The summed E-state index contributed by atoms with van der Waals surface area (Å²) in [5.74, 6) is 2.05. The van der Waals surface area contributed by atoms with E-state index in [1.54, 1.807) is 6.20 Å². The molecular formula is C20H25N5O2. The van der Waals surface area contributed by atoms with Crippen molar-refractivity contribution in [3.05, 3.63) is 36.0 Å². The summed E-state index contributed by atoms with van der Waals surface area (Å²) in [6.45, 7) is 1.96. The maximum Gasteiger partial charge on any atom is 0.265 e. The molecule has 1 amide bonds. The minimum absolute atomic E-state index is 0.162. The van der Waals surface area contributed by atoms with Crippen LogP contribution in [0.4, 0.5) is 17.5 Å². The van der Waals surface area contributed by atoms with Gasteiger partial charge < -0.3 is 19.9 Å². The summed E-state index contributed by atoms with van der Waals surface area (Å²) >= 11 is 0. The molecule has 1 atom stereocenters. The van der Waals surface area contributed by atoms with Gasteiger partial charge in [-0.2, -0.15) is 4.98 Å².